The van der Waals surface area contributed by atoms with Crippen LogP contribution in [0.5, 0.6) is 0 Å². The van der Waals surface area contributed by atoms with Crippen LogP contribution in [0.15, 0.2) is 36.7 Å². The van der Waals surface area contributed by atoms with Crippen LogP contribution in [0, 0.1) is 5.92 Å². The van der Waals surface area contributed by atoms with Gasteiger partial charge < -0.3 is 10.4 Å². The van der Waals surface area contributed by atoms with E-state index < -0.39 is 5.97 Å². The molecule has 1 fully saturated rings. The van der Waals surface area contributed by atoms with Crippen LogP contribution in [0.2, 0.25) is 5.02 Å². The third-order valence-corrected chi connectivity index (χ3v) is 4.27. The summed E-state index contributed by atoms with van der Waals surface area (Å²) in [7, 11) is 0. The fourth-order valence-corrected chi connectivity index (χ4v) is 2.99. The van der Waals surface area contributed by atoms with E-state index in [9.17, 15) is 9.59 Å². The number of hydrogen-bond acceptors (Lipinski definition) is 3. The molecule has 1 aliphatic rings. The number of aromatic nitrogens is 2. The first-order chi connectivity index (χ1) is 11.0. The molecule has 0 unspecified atom stereocenters. The van der Waals surface area contributed by atoms with Gasteiger partial charge in [-0.3, -0.25) is 9.59 Å². The van der Waals surface area contributed by atoms with Crippen molar-refractivity contribution in [1.29, 1.82) is 0 Å². The normalized spacial score (nSPS) is 20.4. The molecule has 1 aliphatic carbocycles. The largest absolute Gasteiger partial charge is 0.481 e. The minimum Gasteiger partial charge on any atom is -0.481 e. The first-order valence-electron chi connectivity index (χ1n) is 7.37. The van der Waals surface area contributed by atoms with Gasteiger partial charge in [-0.25, -0.2) is 4.68 Å². The summed E-state index contributed by atoms with van der Waals surface area (Å²) in [6.07, 6.45) is 4.88. The molecule has 1 aromatic carbocycles. The van der Waals surface area contributed by atoms with E-state index in [1.807, 2.05) is 12.1 Å². The van der Waals surface area contributed by atoms with Gasteiger partial charge in [0.05, 0.1) is 23.4 Å². The van der Waals surface area contributed by atoms with Crippen LogP contribution >= 0.6 is 11.6 Å². The maximum absolute atomic E-state index is 12.3. The highest BCUT2D eigenvalue weighted by molar-refractivity contribution is 6.30. The van der Waals surface area contributed by atoms with Crippen molar-refractivity contribution < 1.29 is 14.7 Å². The number of nitrogens with zero attached hydrogens (tertiary/aromatic N) is 2. The number of halogens is 1. The molecule has 1 amide bonds. The van der Waals surface area contributed by atoms with Crippen LogP contribution in [0.1, 0.15) is 29.6 Å². The number of carbonyl (C=O) groups excluding carboxylic acids is 1. The molecule has 23 heavy (non-hydrogen) atoms. The number of carboxylic acids is 1. The van der Waals surface area contributed by atoms with Crippen molar-refractivity contribution in [2.24, 2.45) is 5.92 Å². The summed E-state index contributed by atoms with van der Waals surface area (Å²) in [5.41, 5.74) is 1.20. The fraction of sp³-hybridized carbons (Fsp3) is 0.312. The molecule has 120 valence electrons. The standard InChI is InChI=1S/C16H16ClN3O3/c17-12-2-1-3-14(7-12)20-9-11(8-18-20)15(21)19-13-5-4-10(6-13)16(22)23/h1-3,7-10,13H,4-6H2,(H,19,21)(H,22,23)/t10-,13+/m1/s1. The van der Waals surface area contributed by atoms with Gasteiger partial charge in [0.1, 0.15) is 0 Å². The van der Waals surface area contributed by atoms with E-state index in [4.69, 9.17) is 16.7 Å². The van der Waals surface area contributed by atoms with E-state index in [0.29, 0.717) is 29.8 Å². The van der Waals surface area contributed by atoms with Crippen LogP contribution in [-0.4, -0.2) is 32.8 Å². The van der Waals surface area contributed by atoms with Crippen molar-refractivity contribution >= 4 is 23.5 Å². The molecule has 6 nitrogen and oxygen atoms in total. The first kappa shape index (κ1) is 15.6. The van der Waals surface area contributed by atoms with Crippen molar-refractivity contribution in [3.8, 4) is 5.69 Å². The molecule has 2 N–H and O–H groups in total. The Kier molecular flexibility index (Phi) is 4.34. The zero-order chi connectivity index (χ0) is 16.4. The molecule has 1 heterocycles. The summed E-state index contributed by atoms with van der Waals surface area (Å²) >= 11 is 5.95. The number of hydrogen-bond donors (Lipinski definition) is 2. The molecular weight excluding hydrogens is 318 g/mol. The van der Waals surface area contributed by atoms with Crippen LogP contribution in [-0.2, 0) is 4.79 Å². The van der Waals surface area contributed by atoms with Crippen LogP contribution in [0.3, 0.4) is 0 Å². The predicted octanol–water partition coefficient (Wildman–Crippen LogP) is 2.51. The van der Waals surface area contributed by atoms with Crippen molar-refractivity contribution in [3.05, 3.63) is 47.2 Å². The Balaban J connectivity index is 1.66. The van der Waals surface area contributed by atoms with Gasteiger partial charge in [0.2, 0.25) is 0 Å². The molecule has 7 heteroatoms. The number of nitrogens with one attached hydrogen (secondary N) is 1. The quantitative estimate of drug-likeness (QED) is 0.900. The molecule has 1 aromatic heterocycles. The lowest BCUT2D eigenvalue weighted by molar-refractivity contribution is -0.141. The molecule has 1 saturated carbocycles. The number of amides is 1. The predicted molar refractivity (Wildman–Crippen MR) is 84.8 cm³/mol. The van der Waals surface area contributed by atoms with E-state index in [2.05, 4.69) is 10.4 Å². The number of carbonyl (C=O) groups is 2. The van der Waals surface area contributed by atoms with E-state index in [-0.39, 0.29) is 17.9 Å². The first-order valence-corrected chi connectivity index (χ1v) is 7.75. The summed E-state index contributed by atoms with van der Waals surface area (Å²) in [6, 6.07) is 7.07. The van der Waals surface area contributed by atoms with Gasteiger partial charge in [0.25, 0.3) is 5.91 Å². The second-order valence-corrected chi connectivity index (χ2v) is 6.11. The molecule has 0 radical (unpaired) electrons. The Morgan fingerprint density at radius 1 is 1.35 bits per heavy atom. The SMILES string of the molecule is O=C(N[C@H]1CC[C@@H](C(=O)O)C1)c1cnn(-c2cccc(Cl)c2)c1. The van der Waals surface area contributed by atoms with Crippen LogP contribution in [0.4, 0.5) is 0 Å². The minimum atomic E-state index is -0.796. The third kappa shape index (κ3) is 3.53. The molecule has 0 saturated heterocycles. The average molecular weight is 334 g/mol. The zero-order valence-corrected chi connectivity index (χ0v) is 13.0. The van der Waals surface area contributed by atoms with Crippen LogP contribution in [0.25, 0.3) is 5.69 Å². The van der Waals surface area contributed by atoms with Gasteiger partial charge in [-0.1, -0.05) is 17.7 Å². The average Bonchev–Trinajstić information content (AvgIpc) is 3.16. The van der Waals surface area contributed by atoms with Crippen molar-refractivity contribution in [1.82, 2.24) is 15.1 Å². The number of aliphatic carboxylic acids is 1. The zero-order valence-electron chi connectivity index (χ0n) is 12.3. The summed E-state index contributed by atoms with van der Waals surface area (Å²) in [5.74, 6) is -1.40. The number of benzene rings is 1. The number of rotatable bonds is 4. The minimum absolute atomic E-state index is 0.0990. The summed E-state index contributed by atoms with van der Waals surface area (Å²) in [5, 5.41) is 16.6. The van der Waals surface area contributed by atoms with Crippen LogP contribution < -0.4 is 5.32 Å². The van der Waals surface area contributed by atoms with E-state index in [1.165, 1.54) is 6.20 Å². The smallest absolute Gasteiger partial charge is 0.306 e. The van der Waals surface area contributed by atoms with Gasteiger partial charge >= 0.3 is 5.97 Å². The van der Waals surface area contributed by atoms with Crippen molar-refractivity contribution in [2.45, 2.75) is 25.3 Å². The second-order valence-electron chi connectivity index (χ2n) is 5.67. The monoisotopic (exact) mass is 333 g/mol. The Labute approximate surface area is 138 Å². The molecule has 3 rings (SSSR count). The lowest BCUT2D eigenvalue weighted by Gasteiger charge is -2.11. The maximum atomic E-state index is 12.3. The highest BCUT2D eigenvalue weighted by atomic mass is 35.5. The van der Waals surface area contributed by atoms with E-state index in [0.717, 1.165) is 5.69 Å². The van der Waals surface area contributed by atoms with Gasteiger partial charge in [0, 0.05) is 17.3 Å². The molecular formula is C16H16ClN3O3. The molecule has 2 atom stereocenters. The molecule has 0 spiro atoms. The van der Waals surface area contributed by atoms with Crippen molar-refractivity contribution in [3.63, 3.8) is 0 Å². The Hall–Kier alpha value is -2.34. The van der Waals surface area contributed by atoms with Gasteiger partial charge in [0.15, 0.2) is 0 Å². The van der Waals surface area contributed by atoms with Crippen molar-refractivity contribution in [2.75, 3.05) is 0 Å². The highest BCUT2D eigenvalue weighted by Crippen LogP contribution is 2.26. The van der Waals surface area contributed by atoms with Gasteiger partial charge in [-0.2, -0.15) is 5.10 Å². The molecule has 0 bridgehead atoms. The van der Waals surface area contributed by atoms with E-state index in [1.54, 1.807) is 23.0 Å². The highest BCUT2D eigenvalue weighted by Gasteiger charge is 2.30. The Morgan fingerprint density at radius 3 is 2.87 bits per heavy atom. The third-order valence-electron chi connectivity index (χ3n) is 4.03. The topological polar surface area (TPSA) is 84.2 Å². The molecule has 0 aliphatic heterocycles. The van der Waals surface area contributed by atoms with Gasteiger partial charge in [-0.05, 0) is 37.5 Å². The summed E-state index contributed by atoms with van der Waals surface area (Å²) in [4.78, 5) is 23.2. The van der Waals surface area contributed by atoms with E-state index >= 15 is 0 Å². The summed E-state index contributed by atoms with van der Waals surface area (Å²) < 4.78 is 1.58. The Morgan fingerprint density at radius 2 is 2.17 bits per heavy atom. The fourth-order valence-electron chi connectivity index (χ4n) is 2.81. The molecule has 2 aromatic rings. The lowest BCUT2D eigenvalue weighted by atomic mass is 10.1. The number of carboxylic acid groups (broad SMARTS) is 1. The second kappa shape index (κ2) is 6.42. The maximum Gasteiger partial charge on any atom is 0.306 e. The Bertz CT molecular complexity index is 744. The van der Waals surface area contributed by atoms with Gasteiger partial charge in [-0.15, -0.1) is 0 Å². The summed E-state index contributed by atoms with van der Waals surface area (Å²) in [6.45, 7) is 0. The lowest BCUT2D eigenvalue weighted by Crippen LogP contribution is -2.33.